The number of unbranched alkanes of at least 4 members (excludes halogenated alkanes) is 1. The molecular weight excluding hydrogens is 386 g/mol. The van der Waals surface area contributed by atoms with Gasteiger partial charge in [0.25, 0.3) is 0 Å². The Labute approximate surface area is 179 Å². The van der Waals surface area contributed by atoms with E-state index in [0.717, 1.165) is 0 Å². The molecule has 0 saturated heterocycles. The fraction of sp³-hybridized carbons (Fsp3) is 0.533. The molecular formula is C15H25ClF3N3NaO3. The molecule has 1 amide bonds. The molecule has 0 saturated carbocycles. The minimum Gasteiger partial charge on any atom is -0.475 e. The van der Waals surface area contributed by atoms with Crippen molar-refractivity contribution >= 4 is 58.7 Å². The van der Waals surface area contributed by atoms with E-state index < -0.39 is 12.1 Å². The fourth-order valence-electron chi connectivity index (χ4n) is 0.398. The molecule has 147 valence electrons. The maximum absolute atomic E-state index is 10.6. The van der Waals surface area contributed by atoms with Crippen molar-refractivity contribution in [2.45, 2.75) is 39.8 Å². The van der Waals surface area contributed by atoms with Crippen LogP contribution in [0.3, 0.4) is 0 Å². The van der Waals surface area contributed by atoms with Gasteiger partial charge in [-0.05, 0) is 12.1 Å². The summed E-state index contributed by atoms with van der Waals surface area (Å²) in [4.78, 5) is 24.2. The molecule has 0 aromatic carbocycles. The molecule has 0 fully saturated rings. The van der Waals surface area contributed by atoms with Crippen LogP contribution in [0.5, 0.6) is 0 Å². The van der Waals surface area contributed by atoms with Gasteiger partial charge in [0, 0.05) is 56.8 Å². The van der Waals surface area contributed by atoms with Crippen molar-refractivity contribution in [3.8, 4) is 0 Å². The summed E-state index contributed by atoms with van der Waals surface area (Å²) in [5.41, 5.74) is 5.85. The van der Waals surface area contributed by atoms with Crippen LogP contribution in [-0.2, 0) is 9.59 Å². The Morgan fingerprint density at radius 1 is 1.27 bits per heavy atom. The zero-order valence-electron chi connectivity index (χ0n) is 15.9. The maximum atomic E-state index is 10.6. The third kappa shape index (κ3) is 25.2. The third-order valence-corrected chi connectivity index (χ3v) is 2.48. The number of hydrogen-bond acceptors (Lipinski definition) is 4. The summed E-state index contributed by atoms with van der Waals surface area (Å²) >= 11 is 5.47. The Hall–Kier alpha value is -1.03. The number of carboxylic acid groups (broad SMARTS) is 1. The first-order valence-corrected chi connectivity index (χ1v) is 7.52. The molecule has 6 nitrogen and oxygen atoms in total. The summed E-state index contributed by atoms with van der Waals surface area (Å²) < 4.78 is 31.7. The number of hydrogen-bond donors (Lipinski definition) is 2. The molecule has 1 aromatic heterocycles. The number of anilines is 1. The quantitative estimate of drug-likeness (QED) is 0.546. The van der Waals surface area contributed by atoms with E-state index in [9.17, 15) is 18.0 Å². The van der Waals surface area contributed by atoms with Gasteiger partial charge in [-0.15, -0.1) is 0 Å². The Morgan fingerprint density at radius 2 is 1.62 bits per heavy atom. The molecule has 11 heteroatoms. The molecule has 0 aliphatic carbocycles. The second-order valence-electron chi connectivity index (χ2n) is 4.60. The number of carboxylic acids is 1. The van der Waals surface area contributed by atoms with E-state index in [4.69, 9.17) is 27.2 Å². The number of carbonyl (C=O) groups is 2. The summed E-state index contributed by atoms with van der Waals surface area (Å²) in [6, 6.07) is 3.44. The zero-order chi connectivity index (χ0) is 20.6. The fourth-order valence-corrected chi connectivity index (χ4v) is 0.518. The van der Waals surface area contributed by atoms with Gasteiger partial charge in [-0.25, -0.2) is 9.78 Å². The largest absolute Gasteiger partial charge is 0.490 e. The average molecular weight is 411 g/mol. The van der Waals surface area contributed by atoms with Crippen molar-refractivity contribution in [2.75, 3.05) is 19.8 Å². The van der Waals surface area contributed by atoms with Gasteiger partial charge in [0.05, 0.1) is 5.69 Å². The molecule has 1 heterocycles. The van der Waals surface area contributed by atoms with Crippen molar-refractivity contribution in [3.63, 3.8) is 0 Å². The minimum absolute atomic E-state index is 0. The Bertz CT molecular complexity index is 482. The van der Waals surface area contributed by atoms with Crippen LogP contribution in [0.25, 0.3) is 0 Å². The van der Waals surface area contributed by atoms with Gasteiger partial charge < -0.3 is 15.7 Å². The second-order valence-corrected chi connectivity index (χ2v) is 4.96. The van der Waals surface area contributed by atoms with E-state index in [2.05, 4.69) is 18.8 Å². The van der Waals surface area contributed by atoms with Gasteiger partial charge in [-0.1, -0.05) is 38.3 Å². The van der Waals surface area contributed by atoms with Gasteiger partial charge in [-0.2, -0.15) is 13.2 Å². The molecule has 3 N–H and O–H groups in total. The number of nitrogens with zero attached hydrogens (tertiary/aromatic N) is 2. The molecule has 0 atom stereocenters. The molecule has 1 aromatic rings. The Balaban J connectivity index is -0.000000126. The van der Waals surface area contributed by atoms with Crippen LogP contribution in [0.1, 0.15) is 33.6 Å². The van der Waals surface area contributed by atoms with Gasteiger partial charge in [-0.3, -0.25) is 4.79 Å². The average Bonchev–Trinajstić information content (AvgIpc) is 2.50. The number of carbonyl (C=O) groups excluding carboxylic acids is 1. The molecule has 1 radical (unpaired) electrons. The van der Waals surface area contributed by atoms with Crippen LogP contribution >= 0.6 is 11.6 Å². The molecule has 0 spiro atoms. The van der Waals surface area contributed by atoms with E-state index in [0.29, 0.717) is 10.8 Å². The van der Waals surface area contributed by atoms with Crippen LogP contribution in [-0.4, -0.2) is 76.7 Å². The number of rotatable bonds is 1. The van der Waals surface area contributed by atoms with E-state index in [1.54, 1.807) is 32.4 Å². The topological polar surface area (TPSA) is 96.5 Å². The first-order chi connectivity index (χ1) is 11.3. The summed E-state index contributed by atoms with van der Waals surface area (Å²) in [5.74, 6) is -2.66. The van der Waals surface area contributed by atoms with Crippen LogP contribution in [0.15, 0.2) is 18.3 Å². The van der Waals surface area contributed by atoms with Gasteiger partial charge >= 0.3 is 12.1 Å². The van der Waals surface area contributed by atoms with Crippen molar-refractivity contribution in [3.05, 3.63) is 23.5 Å². The Kier molecular flexibility index (Phi) is 23.5. The molecule has 0 bridgehead atoms. The molecule has 0 aliphatic rings. The van der Waals surface area contributed by atoms with Crippen molar-refractivity contribution in [1.29, 1.82) is 0 Å². The third-order valence-electron chi connectivity index (χ3n) is 2.16. The maximum Gasteiger partial charge on any atom is 0.490 e. The predicted molar refractivity (Wildman–Crippen MR) is 98.1 cm³/mol. The van der Waals surface area contributed by atoms with E-state index in [1.807, 2.05) is 0 Å². The standard InChI is InChI=1S/C5H5ClN2.C4H9NO.C4H10.C2HF3O2.Na/c6-5-4(7)2-1-3-8-5;1-4(6)5(2)3;1-3-4-2;3-2(4,5)1(6)7;/h1-3H,7H2;1-3H3;3-4H2,1-2H3;(H,6,7);. The Morgan fingerprint density at radius 3 is 1.73 bits per heavy atom. The van der Waals surface area contributed by atoms with E-state index in [-0.39, 0.29) is 35.5 Å². The number of aromatic nitrogens is 1. The minimum atomic E-state index is -5.08. The smallest absolute Gasteiger partial charge is 0.475 e. The van der Waals surface area contributed by atoms with E-state index in [1.165, 1.54) is 24.7 Å². The van der Waals surface area contributed by atoms with E-state index >= 15 is 0 Å². The predicted octanol–water partition coefficient (Wildman–Crippen LogP) is 3.47. The SMILES string of the molecule is CC(=O)N(C)C.CCCC.Nc1cccnc1Cl.O=C(O)C(F)(F)F.[Na]. The van der Waals surface area contributed by atoms with Crippen molar-refractivity contribution < 1.29 is 27.9 Å². The number of amides is 1. The molecule has 0 aliphatic heterocycles. The summed E-state index contributed by atoms with van der Waals surface area (Å²) in [6.07, 6.45) is -0.849. The number of nitrogens with two attached hydrogens (primary N) is 1. The number of pyridine rings is 1. The van der Waals surface area contributed by atoms with Gasteiger partial charge in [0.1, 0.15) is 0 Å². The van der Waals surface area contributed by atoms with Crippen molar-refractivity contribution in [2.24, 2.45) is 0 Å². The number of nitrogen functional groups attached to an aromatic ring is 1. The first-order valence-electron chi connectivity index (χ1n) is 7.15. The molecule has 1 rings (SSSR count). The summed E-state index contributed by atoms with van der Waals surface area (Å²) in [7, 11) is 3.45. The number of alkyl halides is 3. The number of halogens is 4. The monoisotopic (exact) mass is 410 g/mol. The zero-order valence-corrected chi connectivity index (χ0v) is 18.6. The van der Waals surface area contributed by atoms with Crippen LogP contribution in [0.2, 0.25) is 5.15 Å². The first kappa shape index (κ1) is 32.6. The molecule has 0 unspecified atom stereocenters. The van der Waals surface area contributed by atoms with Gasteiger partial charge in [0.15, 0.2) is 5.15 Å². The normalized spacial score (nSPS) is 8.81. The number of aliphatic carboxylic acids is 1. The van der Waals surface area contributed by atoms with Gasteiger partial charge in [0.2, 0.25) is 5.91 Å². The summed E-state index contributed by atoms with van der Waals surface area (Å²) in [5, 5.41) is 7.49. The second kappa shape index (κ2) is 18.8. The van der Waals surface area contributed by atoms with Crippen molar-refractivity contribution in [1.82, 2.24) is 9.88 Å². The van der Waals surface area contributed by atoms with Crippen LogP contribution in [0.4, 0.5) is 18.9 Å². The summed E-state index contributed by atoms with van der Waals surface area (Å²) in [6.45, 7) is 5.89. The molecule has 26 heavy (non-hydrogen) atoms. The van der Waals surface area contributed by atoms with Crippen LogP contribution < -0.4 is 5.73 Å². The van der Waals surface area contributed by atoms with Crippen LogP contribution in [0, 0.1) is 0 Å².